The summed E-state index contributed by atoms with van der Waals surface area (Å²) >= 11 is 6.05. The van der Waals surface area contributed by atoms with E-state index in [1.54, 1.807) is 6.07 Å². The van der Waals surface area contributed by atoms with Gasteiger partial charge in [0.2, 0.25) is 5.78 Å². The summed E-state index contributed by atoms with van der Waals surface area (Å²) in [7, 11) is 0. The standard InChI is InChI=1S/C24H15ClO3/c25-16-10-11-20(26)18(13-16)22(27)24-21(14-6-2-1-3-7-14)19-12-15-8-4-5-9-17(15)23(19)28-24/h1-11,13,26H,12H2. The van der Waals surface area contributed by atoms with E-state index in [9.17, 15) is 9.90 Å². The normalized spacial score (nSPS) is 11.9. The van der Waals surface area contributed by atoms with Crippen molar-refractivity contribution in [3.63, 3.8) is 0 Å². The Hall–Kier alpha value is -3.30. The fraction of sp³-hybridized carbons (Fsp3) is 0.0417. The minimum atomic E-state index is -0.384. The van der Waals surface area contributed by atoms with Crippen LogP contribution in [0, 0.1) is 0 Å². The van der Waals surface area contributed by atoms with Gasteiger partial charge in [0.25, 0.3) is 0 Å². The lowest BCUT2D eigenvalue weighted by Gasteiger charge is -2.07. The van der Waals surface area contributed by atoms with Gasteiger partial charge in [-0.05, 0) is 29.3 Å². The van der Waals surface area contributed by atoms with E-state index in [2.05, 4.69) is 6.07 Å². The number of phenols is 1. The SMILES string of the molecule is O=C(c1cc(Cl)ccc1O)c1oc2c(c1-c1ccccc1)Cc1ccccc1-2. The number of hydrogen-bond donors (Lipinski definition) is 1. The number of benzene rings is 3. The summed E-state index contributed by atoms with van der Waals surface area (Å²) in [5.41, 5.74) is 4.99. The number of furan rings is 1. The van der Waals surface area contributed by atoms with Crippen molar-refractivity contribution in [1.29, 1.82) is 0 Å². The number of fused-ring (bicyclic) bond motifs is 3. The summed E-state index contributed by atoms with van der Waals surface area (Å²) in [6.07, 6.45) is 0.702. The van der Waals surface area contributed by atoms with Gasteiger partial charge in [0.15, 0.2) is 5.76 Å². The maximum Gasteiger partial charge on any atom is 0.232 e. The van der Waals surface area contributed by atoms with Gasteiger partial charge < -0.3 is 9.52 Å². The maximum absolute atomic E-state index is 13.3. The molecule has 1 heterocycles. The summed E-state index contributed by atoms with van der Waals surface area (Å²) < 4.78 is 6.15. The first-order chi connectivity index (χ1) is 13.6. The van der Waals surface area contributed by atoms with Crippen LogP contribution in [0.3, 0.4) is 0 Å². The molecule has 0 aliphatic heterocycles. The third-order valence-electron chi connectivity index (χ3n) is 5.11. The largest absolute Gasteiger partial charge is 0.507 e. The van der Waals surface area contributed by atoms with E-state index in [0.717, 1.165) is 28.0 Å². The number of carbonyl (C=O) groups excluding carboxylic acids is 1. The number of rotatable bonds is 3. The third kappa shape index (κ3) is 2.55. The van der Waals surface area contributed by atoms with Gasteiger partial charge in [-0.25, -0.2) is 0 Å². The van der Waals surface area contributed by atoms with E-state index in [0.29, 0.717) is 11.4 Å². The topological polar surface area (TPSA) is 50.4 Å². The molecule has 4 aromatic rings. The Morgan fingerprint density at radius 1 is 0.964 bits per heavy atom. The second-order valence-corrected chi connectivity index (χ2v) is 7.24. The minimum Gasteiger partial charge on any atom is -0.507 e. The summed E-state index contributed by atoms with van der Waals surface area (Å²) in [6.45, 7) is 0. The molecule has 0 spiro atoms. The van der Waals surface area contributed by atoms with Gasteiger partial charge in [-0.15, -0.1) is 0 Å². The van der Waals surface area contributed by atoms with Crippen molar-refractivity contribution >= 4 is 17.4 Å². The third-order valence-corrected chi connectivity index (χ3v) is 5.34. The van der Waals surface area contributed by atoms with Crippen LogP contribution >= 0.6 is 11.6 Å². The van der Waals surface area contributed by atoms with Gasteiger partial charge in [0, 0.05) is 28.1 Å². The van der Waals surface area contributed by atoms with E-state index in [-0.39, 0.29) is 22.9 Å². The molecule has 1 N–H and O–H groups in total. The highest BCUT2D eigenvalue weighted by molar-refractivity contribution is 6.31. The number of phenolic OH excluding ortho intramolecular Hbond substituents is 1. The predicted octanol–water partition coefficient (Wildman–Crippen LogP) is 6.11. The van der Waals surface area contributed by atoms with Crippen LogP contribution in [0.15, 0.2) is 77.2 Å². The van der Waals surface area contributed by atoms with E-state index in [1.165, 1.54) is 17.7 Å². The highest BCUT2D eigenvalue weighted by atomic mass is 35.5. The summed E-state index contributed by atoms with van der Waals surface area (Å²) in [6, 6.07) is 22.2. The van der Waals surface area contributed by atoms with Gasteiger partial charge >= 0.3 is 0 Å². The van der Waals surface area contributed by atoms with Crippen LogP contribution in [0.2, 0.25) is 5.02 Å². The van der Waals surface area contributed by atoms with Crippen molar-refractivity contribution < 1.29 is 14.3 Å². The van der Waals surface area contributed by atoms with Crippen LogP contribution in [0.5, 0.6) is 5.75 Å². The van der Waals surface area contributed by atoms with Crippen LogP contribution in [-0.2, 0) is 6.42 Å². The molecule has 28 heavy (non-hydrogen) atoms. The van der Waals surface area contributed by atoms with E-state index in [1.807, 2.05) is 48.5 Å². The average molecular weight is 387 g/mol. The number of halogens is 1. The van der Waals surface area contributed by atoms with Crippen LogP contribution < -0.4 is 0 Å². The van der Waals surface area contributed by atoms with Gasteiger partial charge in [0.1, 0.15) is 11.5 Å². The molecule has 0 unspecified atom stereocenters. The summed E-state index contributed by atoms with van der Waals surface area (Å²) in [4.78, 5) is 13.3. The van der Waals surface area contributed by atoms with Crippen molar-refractivity contribution in [2.24, 2.45) is 0 Å². The molecular formula is C24H15ClO3. The monoisotopic (exact) mass is 386 g/mol. The van der Waals surface area contributed by atoms with Gasteiger partial charge in [0.05, 0.1) is 5.56 Å². The Bertz CT molecular complexity index is 1220. The van der Waals surface area contributed by atoms with Crippen molar-refractivity contribution in [3.8, 4) is 28.2 Å². The second-order valence-electron chi connectivity index (χ2n) is 6.80. The summed E-state index contributed by atoms with van der Waals surface area (Å²) in [5.74, 6) is 0.443. The van der Waals surface area contributed by atoms with Crippen LogP contribution in [0.25, 0.3) is 22.5 Å². The fourth-order valence-electron chi connectivity index (χ4n) is 3.82. The van der Waals surface area contributed by atoms with Gasteiger partial charge in [-0.3, -0.25) is 4.79 Å². The Kier molecular flexibility index (Phi) is 3.85. The molecule has 3 nitrogen and oxygen atoms in total. The molecule has 1 aromatic heterocycles. The molecule has 1 aliphatic carbocycles. The van der Waals surface area contributed by atoms with Crippen molar-refractivity contribution in [1.82, 2.24) is 0 Å². The predicted molar refractivity (Wildman–Crippen MR) is 109 cm³/mol. The lowest BCUT2D eigenvalue weighted by atomic mass is 9.96. The van der Waals surface area contributed by atoms with Crippen LogP contribution in [0.4, 0.5) is 0 Å². The number of ketones is 1. The first-order valence-corrected chi connectivity index (χ1v) is 9.34. The molecule has 1 aliphatic rings. The van der Waals surface area contributed by atoms with Crippen molar-refractivity contribution in [2.45, 2.75) is 6.42 Å². The molecule has 3 aromatic carbocycles. The minimum absolute atomic E-state index is 0.120. The van der Waals surface area contributed by atoms with E-state index < -0.39 is 0 Å². The number of aromatic hydroxyl groups is 1. The van der Waals surface area contributed by atoms with E-state index in [4.69, 9.17) is 16.0 Å². The second kappa shape index (κ2) is 6.39. The van der Waals surface area contributed by atoms with Crippen LogP contribution in [-0.4, -0.2) is 10.9 Å². The molecule has 5 rings (SSSR count). The number of hydrogen-bond acceptors (Lipinski definition) is 3. The van der Waals surface area contributed by atoms with Crippen LogP contribution in [0.1, 0.15) is 27.2 Å². The van der Waals surface area contributed by atoms with Crippen molar-refractivity contribution in [2.75, 3.05) is 0 Å². The van der Waals surface area contributed by atoms with E-state index >= 15 is 0 Å². The Labute approximate surface area is 166 Å². The lowest BCUT2D eigenvalue weighted by molar-refractivity contribution is 0.101. The molecule has 0 saturated carbocycles. The zero-order valence-corrected chi connectivity index (χ0v) is 15.5. The smallest absolute Gasteiger partial charge is 0.232 e. The maximum atomic E-state index is 13.3. The first-order valence-electron chi connectivity index (χ1n) is 8.96. The lowest BCUT2D eigenvalue weighted by Crippen LogP contribution is -2.03. The first kappa shape index (κ1) is 16.8. The molecular weight excluding hydrogens is 372 g/mol. The summed E-state index contributed by atoms with van der Waals surface area (Å²) in [5, 5.41) is 10.6. The molecule has 0 bridgehead atoms. The highest BCUT2D eigenvalue weighted by Gasteiger charge is 2.32. The highest BCUT2D eigenvalue weighted by Crippen LogP contribution is 2.46. The fourth-order valence-corrected chi connectivity index (χ4v) is 3.99. The Balaban J connectivity index is 1.75. The molecule has 136 valence electrons. The molecule has 0 atom stereocenters. The van der Waals surface area contributed by atoms with Crippen molar-refractivity contribution in [3.05, 3.63) is 100 Å². The molecule has 0 radical (unpaired) electrons. The molecule has 0 saturated heterocycles. The Morgan fingerprint density at radius 3 is 2.54 bits per heavy atom. The molecule has 0 amide bonds. The number of carbonyl (C=O) groups is 1. The Morgan fingerprint density at radius 2 is 1.71 bits per heavy atom. The molecule has 0 fully saturated rings. The zero-order valence-electron chi connectivity index (χ0n) is 14.8. The van der Waals surface area contributed by atoms with Gasteiger partial charge in [-0.1, -0.05) is 66.2 Å². The quantitative estimate of drug-likeness (QED) is 0.381. The zero-order chi connectivity index (χ0) is 19.3. The van der Waals surface area contributed by atoms with Gasteiger partial charge in [-0.2, -0.15) is 0 Å². The molecule has 4 heteroatoms. The average Bonchev–Trinajstić information content (AvgIpc) is 3.26.